The van der Waals surface area contributed by atoms with Crippen molar-refractivity contribution in [1.82, 2.24) is 0 Å². The first-order valence-corrected chi connectivity index (χ1v) is 6.51. The van der Waals surface area contributed by atoms with Gasteiger partial charge in [-0.15, -0.1) is 0 Å². The summed E-state index contributed by atoms with van der Waals surface area (Å²) in [5.41, 5.74) is 1.82. The van der Waals surface area contributed by atoms with E-state index in [4.69, 9.17) is 0 Å². The number of rotatable bonds is 4. The number of carbonyl (C=O) groups excluding carboxylic acids is 2. The number of hydrogen-bond acceptors (Lipinski definition) is 4. The molecular weight excluding hydrogens is 244 g/mol. The molecule has 0 saturated heterocycles. The molecule has 0 aromatic rings. The smallest absolute Gasteiger partial charge is 0.303 e. The lowest BCUT2D eigenvalue weighted by Crippen LogP contribution is -2.22. The Balaban J connectivity index is 2.88. The van der Waals surface area contributed by atoms with E-state index in [1.807, 2.05) is 6.92 Å². The van der Waals surface area contributed by atoms with Crippen LogP contribution in [0.2, 0.25) is 0 Å². The van der Waals surface area contributed by atoms with E-state index >= 15 is 0 Å². The van der Waals surface area contributed by atoms with E-state index in [-0.39, 0.29) is 17.8 Å². The molecule has 4 heteroatoms. The number of hydrogen-bond donors (Lipinski definition) is 1. The Morgan fingerprint density at radius 1 is 1.42 bits per heavy atom. The van der Waals surface area contributed by atoms with Crippen molar-refractivity contribution >= 4 is 11.8 Å². The number of aliphatic hydroxyl groups is 1. The van der Waals surface area contributed by atoms with Crippen molar-refractivity contribution < 1.29 is 19.4 Å². The summed E-state index contributed by atoms with van der Waals surface area (Å²) in [6, 6.07) is 0. The standard InChI is InChI=1S/C15H22O4/c1-10-6-5-7-15(3,4)14(10)13(18)8-12(17)9-19-11(2)16/h8,18H,5-7,9H2,1-4H3/b13-8-. The molecule has 106 valence electrons. The first-order valence-electron chi connectivity index (χ1n) is 6.51. The molecule has 19 heavy (non-hydrogen) atoms. The molecule has 0 amide bonds. The molecule has 0 saturated carbocycles. The molecular formula is C15H22O4. The summed E-state index contributed by atoms with van der Waals surface area (Å²) in [4.78, 5) is 22.2. The fourth-order valence-electron chi connectivity index (χ4n) is 2.63. The predicted molar refractivity (Wildman–Crippen MR) is 72.7 cm³/mol. The molecule has 0 heterocycles. The van der Waals surface area contributed by atoms with Gasteiger partial charge in [-0.25, -0.2) is 0 Å². The molecule has 0 aromatic carbocycles. The molecule has 0 aliphatic heterocycles. The number of aliphatic hydroxyl groups excluding tert-OH is 1. The summed E-state index contributed by atoms with van der Waals surface area (Å²) in [6.45, 7) is 7.02. The van der Waals surface area contributed by atoms with Crippen LogP contribution < -0.4 is 0 Å². The van der Waals surface area contributed by atoms with Crippen molar-refractivity contribution in [2.24, 2.45) is 5.41 Å². The number of allylic oxidation sites excluding steroid dienone is 2. The van der Waals surface area contributed by atoms with Gasteiger partial charge in [0.15, 0.2) is 12.4 Å². The fraction of sp³-hybridized carbons (Fsp3) is 0.600. The van der Waals surface area contributed by atoms with E-state index in [2.05, 4.69) is 18.6 Å². The Kier molecular flexibility index (Phi) is 4.92. The molecule has 0 radical (unpaired) electrons. The van der Waals surface area contributed by atoms with Gasteiger partial charge in [0.2, 0.25) is 0 Å². The van der Waals surface area contributed by atoms with Crippen LogP contribution >= 0.6 is 0 Å². The van der Waals surface area contributed by atoms with Gasteiger partial charge in [-0.2, -0.15) is 0 Å². The lowest BCUT2D eigenvalue weighted by molar-refractivity contribution is -0.144. The highest BCUT2D eigenvalue weighted by molar-refractivity contribution is 5.92. The van der Waals surface area contributed by atoms with Crippen LogP contribution in [0.5, 0.6) is 0 Å². The van der Waals surface area contributed by atoms with Gasteiger partial charge in [0.1, 0.15) is 5.76 Å². The highest BCUT2D eigenvalue weighted by Gasteiger charge is 2.31. The second-order valence-corrected chi connectivity index (χ2v) is 5.67. The van der Waals surface area contributed by atoms with Crippen molar-refractivity contribution in [2.75, 3.05) is 6.61 Å². The van der Waals surface area contributed by atoms with Crippen molar-refractivity contribution in [1.29, 1.82) is 0 Å². The minimum Gasteiger partial charge on any atom is -0.508 e. The van der Waals surface area contributed by atoms with Crippen LogP contribution in [-0.2, 0) is 14.3 Å². The maximum Gasteiger partial charge on any atom is 0.303 e. The van der Waals surface area contributed by atoms with E-state index in [1.165, 1.54) is 6.92 Å². The van der Waals surface area contributed by atoms with E-state index < -0.39 is 11.8 Å². The van der Waals surface area contributed by atoms with Crippen LogP contribution in [0.25, 0.3) is 0 Å². The number of ketones is 1. The molecule has 0 unspecified atom stereocenters. The van der Waals surface area contributed by atoms with Gasteiger partial charge in [0, 0.05) is 13.0 Å². The number of ether oxygens (including phenoxy) is 1. The molecule has 1 N–H and O–H groups in total. The minimum atomic E-state index is -0.505. The first-order chi connectivity index (χ1) is 8.74. The summed E-state index contributed by atoms with van der Waals surface area (Å²) >= 11 is 0. The molecule has 1 aliphatic rings. The third-order valence-electron chi connectivity index (χ3n) is 3.43. The zero-order valence-electron chi connectivity index (χ0n) is 12.1. The van der Waals surface area contributed by atoms with Crippen LogP contribution in [0.15, 0.2) is 23.0 Å². The molecule has 4 nitrogen and oxygen atoms in total. The van der Waals surface area contributed by atoms with Crippen LogP contribution in [0.1, 0.15) is 47.0 Å². The van der Waals surface area contributed by atoms with Gasteiger partial charge in [-0.1, -0.05) is 19.4 Å². The van der Waals surface area contributed by atoms with Crippen LogP contribution in [0.4, 0.5) is 0 Å². The maximum absolute atomic E-state index is 11.6. The average molecular weight is 266 g/mol. The highest BCUT2D eigenvalue weighted by Crippen LogP contribution is 2.42. The summed E-state index contributed by atoms with van der Waals surface area (Å²) in [5, 5.41) is 10.2. The Bertz CT molecular complexity index is 441. The third-order valence-corrected chi connectivity index (χ3v) is 3.43. The van der Waals surface area contributed by atoms with Crippen LogP contribution in [0.3, 0.4) is 0 Å². The number of carbonyl (C=O) groups is 2. The molecule has 1 rings (SSSR count). The van der Waals surface area contributed by atoms with Gasteiger partial charge >= 0.3 is 5.97 Å². The predicted octanol–water partition coefficient (Wildman–Crippen LogP) is 3.09. The first kappa shape index (κ1) is 15.5. The monoisotopic (exact) mass is 266 g/mol. The zero-order chi connectivity index (χ0) is 14.6. The Morgan fingerprint density at radius 2 is 2.05 bits per heavy atom. The summed E-state index contributed by atoms with van der Waals surface area (Å²) in [6.07, 6.45) is 4.18. The van der Waals surface area contributed by atoms with E-state index in [1.54, 1.807) is 0 Å². The van der Waals surface area contributed by atoms with E-state index in [9.17, 15) is 14.7 Å². The Morgan fingerprint density at radius 3 is 2.58 bits per heavy atom. The van der Waals surface area contributed by atoms with Crippen LogP contribution in [0, 0.1) is 5.41 Å². The summed E-state index contributed by atoms with van der Waals surface area (Å²) < 4.78 is 4.61. The quantitative estimate of drug-likeness (QED) is 0.482. The Labute approximate surface area is 114 Å². The topological polar surface area (TPSA) is 63.6 Å². The largest absolute Gasteiger partial charge is 0.508 e. The van der Waals surface area contributed by atoms with Gasteiger partial charge in [0.25, 0.3) is 0 Å². The molecule has 0 spiro atoms. The Hall–Kier alpha value is -1.58. The molecule has 0 aromatic heterocycles. The summed E-state index contributed by atoms with van der Waals surface area (Å²) in [7, 11) is 0. The third kappa shape index (κ3) is 4.23. The normalized spacial score (nSPS) is 19.3. The number of esters is 1. The van der Waals surface area contributed by atoms with Crippen molar-refractivity contribution in [3.8, 4) is 0 Å². The molecule has 0 fully saturated rings. The van der Waals surface area contributed by atoms with Crippen molar-refractivity contribution in [3.05, 3.63) is 23.0 Å². The lowest BCUT2D eigenvalue weighted by Gasteiger charge is -2.34. The lowest BCUT2D eigenvalue weighted by atomic mass is 9.72. The zero-order valence-corrected chi connectivity index (χ0v) is 12.1. The summed E-state index contributed by atoms with van der Waals surface area (Å²) in [5.74, 6) is -0.914. The van der Waals surface area contributed by atoms with E-state index in [0.29, 0.717) is 0 Å². The van der Waals surface area contributed by atoms with Crippen LogP contribution in [-0.4, -0.2) is 23.5 Å². The van der Waals surface area contributed by atoms with Gasteiger partial charge in [0.05, 0.1) is 0 Å². The van der Waals surface area contributed by atoms with Crippen molar-refractivity contribution in [2.45, 2.75) is 47.0 Å². The van der Waals surface area contributed by atoms with Crippen molar-refractivity contribution in [3.63, 3.8) is 0 Å². The maximum atomic E-state index is 11.6. The molecule has 0 bridgehead atoms. The average Bonchev–Trinajstić information content (AvgIpc) is 2.24. The molecule has 0 atom stereocenters. The molecule has 1 aliphatic carbocycles. The van der Waals surface area contributed by atoms with E-state index in [0.717, 1.165) is 36.5 Å². The van der Waals surface area contributed by atoms with Gasteiger partial charge in [-0.3, -0.25) is 9.59 Å². The minimum absolute atomic E-state index is 0.000600. The second-order valence-electron chi connectivity index (χ2n) is 5.67. The second kappa shape index (κ2) is 6.04. The SMILES string of the molecule is CC(=O)OCC(=O)/C=C(\O)C1=C(C)CCCC1(C)C. The van der Waals surface area contributed by atoms with Gasteiger partial charge < -0.3 is 9.84 Å². The fourth-order valence-corrected chi connectivity index (χ4v) is 2.63. The van der Waals surface area contributed by atoms with Gasteiger partial charge in [-0.05, 0) is 37.2 Å². The highest BCUT2D eigenvalue weighted by atomic mass is 16.5.